The SMILES string of the molecule is CC.Cc1nnc2sc(C(=O)NCc3ccc(C#N)c(F)c3)c(N)c2c1C. The number of anilines is 1. The first-order valence-corrected chi connectivity index (χ1v) is 9.22. The number of thiophene rings is 1. The van der Waals surface area contributed by atoms with Crippen molar-refractivity contribution in [3.63, 3.8) is 0 Å². The van der Waals surface area contributed by atoms with E-state index in [-0.39, 0.29) is 18.0 Å². The van der Waals surface area contributed by atoms with Gasteiger partial charge in [0.1, 0.15) is 21.6 Å². The number of hydrogen-bond donors (Lipinski definition) is 2. The summed E-state index contributed by atoms with van der Waals surface area (Å²) in [5.41, 5.74) is 8.68. The molecule has 3 N–H and O–H groups in total. The van der Waals surface area contributed by atoms with E-state index in [1.54, 1.807) is 12.1 Å². The molecule has 0 atom stereocenters. The number of amides is 1. The van der Waals surface area contributed by atoms with Crippen LogP contribution < -0.4 is 11.1 Å². The summed E-state index contributed by atoms with van der Waals surface area (Å²) in [6.45, 7) is 7.84. The van der Waals surface area contributed by atoms with Gasteiger partial charge in [-0.15, -0.1) is 16.4 Å². The summed E-state index contributed by atoms with van der Waals surface area (Å²) >= 11 is 1.17. The Labute approximate surface area is 160 Å². The number of nitrogens with zero attached hydrogens (tertiary/aromatic N) is 3. The lowest BCUT2D eigenvalue weighted by Gasteiger charge is -2.05. The van der Waals surface area contributed by atoms with Crippen LogP contribution in [-0.2, 0) is 6.54 Å². The molecule has 3 rings (SSSR count). The Hall–Kier alpha value is -3.05. The molecule has 0 radical (unpaired) electrons. The Morgan fingerprint density at radius 3 is 2.67 bits per heavy atom. The lowest BCUT2D eigenvalue weighted by atomic mass is 10.1. The maximum absolute atomic E-state index is 13.6. The molecule has 27 heavy (non-hydrogen) atoms. The van der Waals surface area contributed by atoms with Crippen LogP contribution in [0.15, 0.2) is 18.2 Å². The molecular weight excluding hydrogens is 365 g/mol. The zero-order valence-electron chi connectivity index (χ0n) is 15.6. The second-order valence-corrected chi connectivity index (χ2v) is 6.54. The van der Waals surface area contributed by atoms with Crippen molar-refractivity contribution in [2.45, 2.75) is 34.2 Å². The van der Waals surface area contributed by atoms with Crippen molar-refractivity contribution < 1.29 is 9.18 Å². The highest BCUT2D eigenvalue weighted by Crippen LogP contribution is 2.34. The van der Waals surface area contributed by atoms with Gasteiger partial charge in [0.15, 0.2) is 0 Å². The molecule has 0 bridgehead atoms. The zero-order chi connectivity index (χ0) is 20.1. The predicted molar refractivity (Wildman–Crippen MR) is 105 cm³/mol. The Bertz CT molecular complexity index is 1040. The molecule has 3 aromatic rings. The van der Waals surface area contributed by atoms with Crippen LogP contribution in [0.25, 0.3) is 10.2 Å². The van der Waals surface area contributed by atoms with E-state index in [1.165, 1.54) is 23.5 Å². The number of halogens is 1. The van der Waals surface area contributed by atoms with Crippen molar-refractivity contribution in [3.8, 4) is 6.07 Å². The van der Waals surface area contributed by atoms with E-state index in [0.29, 0.717) is 21.0 Å². The van der Waals surface area contributed by atoms with Gasteiger partial charge in [0.25, 0.3) is 5.91 Å². The number of rotatable bonds is 3. The Balaban J connectivity index is 0.00000126. The van der Waals surface area contributed by atoms with Crippen LogP contribution in [0, 0.1) is 31.0 Å². The monoisotopic (exact) mass is 385 g/mol. The van der Waals surface area contributed by atoms with Gasteiger partial charge in [0.05, 0.1) is 16.9 Å². The highest BCUT2D eigenvalue weighted by molar-refractivity contribution is 7.21. The number of nitrogens with one attached hydrogen (secondary N) is 1. The van der Waals surface area contributed by atoms with Crippen molar-refractivity contribution in [2.75, 3.05) is 5.73 Å². The van der Waals surface area contributed by atoms with Crippen molar-refractivity contribution in [3.05, 3.63) is 51.3 Å². The number of carbonyl (C=O) groups excluding carboxylic acids is 1. The van der Waals surface area contributed by atoms with Gasteiger partial charge in [-0.2, -0.15) is 10.4 Å². The third-order valence-electron chi connectivity index (χ3n) is 3.95. The number of aryl methyl sites for hydroxylation is 2. The molecule has 0 aliphatic carbocycles. The van der Waals surface area contributed by atoms with Crippen molar-refractivity contribution in [1.82, 2.24) is 15.5 Å². The number of nitrogens with two attached hydrogens (primary N) is 1. The first kappa shape index (κ1) is 20.3. The summed E-state index contributed by atoms with van der Waals surface area (Å²) in [7, 11) is 0. The lowest BCUT2D eigenvalue weighted by Crippen LogP contribution is -2.22. The topological polar surface area (TPSA) is 105 Å². The molecule has 2 heterocycles. The second-order valence-electron chi connectivity index (χ2n) is 5.54. The molecule has 0 aliphatic rings. The first-order chi connectivity index (χ1) is 12.9. The third kappa shape index (κ3) is 4.04. The van der Waals surface area contributed by atoms with E-state index >= 15 is 0 Å². The van der Waals surface area contributed by atoms with E-state index in [2.05, 4.69) is 15.5 Å². The van der Waals surface area contributed by atoms with Crippen LogP contribution in [0.2, 0.25) is 0 Å². The summed E-state index contributed by atoms with van der Waals surface area (Å²) < 4.78 is 13.6. The van der Waals surface area contributed by atoms with Crippen LogP contribution >= 0.6 is 11.3 Å². The fraction of sp³-hybridized carbons (Fsp3) is 0.263. The highest BCUT2D eigenvalue weighted by atomic mass is 32.1. The largest absolute Gasteiger partial charge is 0.397 e. The minimum atomic E-state index is -0.614. The van der Waals surface area contributed by atoms with Crippen LogP contribution in [-0.4, -0.2) is 16.1 Å². The van der Waals surface area contributed by atoms with E-state index in [9.17, 15) is 9.18 Å². The summed E-state index contributed by atoms with van der Waals surface area (Å²) in [5.74, 6) is -0.973. The number of benzene rings is 1. The molecule has 0 saturated heterocycles. The van der Waals surface area contributed by atoms with Crippen molar-refractivity contribution >= 4 is 33.1 Å². The number of aromatic nitrogens is 2. The van der Waals surface area contributed by atoms with E-state index < -0.39 is 5.82 Å². The maximum Gasteiger partial charge on any atom is 0.263 e. The van der Waals surface area contributed by atoms with Gasteiger partial charge in [-0.1, -0.05) is 19.9 Å². The normalized spacial score (nSPS) is 10.1. The standard InChI is InChI=1S/C17H14FN5OS.C2H6/c1-8-9(2)22-23-17-13(8)14(20)15(25-17)16(24)21-7-10-3-4-11(6-19)12(18)5-10;1-2/h3-5H,7,20H2,1-2H3,(H,21,24);1-2H3. The van der Waals surface area contributed by atoms with E-state index in [0.717, 1.165) is 16.6 Å². The average Bonchev–Trinajstić information content (AvgIpc) is 3.02. The van der Waals surface area contributed by atoms with Gasteiger partial charge in [-0.25, -0.2) is 4.39 Å². The van der Waals surface area contributed by atoms with Crippen LogP contribution in [0.1, 0.15) is 45.9 Å². The van der Waals surface area contributed by atoms with Gasteiger partial charge >= 0.3 is 0 Å². The van der Waals surface area contributed by atoms with E-state index in [4.69, 9.17) is 11.0 Å². The fourth-order valence-electron chi connectivity index (χ4n) is 2.43. The molecule has 0 spiro atoms. The number of hydrogen-bond acceptors (Lipinski definition) is 6. The van der Waals surface area contributed by atoms with Gasteiger partial charge < -0.3 is 11.1 Å². The minimum absolute atomic E-state index is 0.0340. The molecule has 6 nitrogen and oxygen atoms in total. The van der Waals surface area contributed by atoms with Gasteiger partial charge in [-0.3, -0.25) is 4.79 Å². The molecule has 0 saturated carbocycles. The Morgan fingerprint density at radius 2 is 2.04 bits per heavy atom. The van der Waals surface area contributed by atoms with Crippen molar-refractivity contribution in [1.29, 1.82) is 5.26 Å². The molecule has 140 valence electrons. The van der Waals surface area contributed by atoms with E-state index in [1.807, 2.05) is 27.7 Å². The summed E-state index contributed by atoms with van der Waals surface area (Å²) in [4.78, 5) is 13.4. The van der Waals surface area contributed by atoms with Gasteiger partial charge in [-0.05, 0) is 37.1 Å². The molecular formula is C19H20FN5OS. The molecule has 1 aromatic carbocycles. The van der Waals surface area contributed by atoms with Crippen LogP contribution in [0.4, 0.5) is 10.1 Å². The predicted octanol–water partition coefficient (Wildman–Crippen LogP) is 3.86. The first-order valence-electron chi connectivity index (χ1n) is 8.41. The van der Waals surface area contributed by atoms with Gasteiger partial charge in [0, 0.05) is 11.9 Å². The minimum Gasteiger partial charge on any atom is -0.397 e. The highest BCUT2D eigenvalue weighted by Gasteiger charge is 2.19. The number of carbonyl (C=O) groups is 1. The average molecular weight is 385 g/mol. The van der Waals surface area contributed by atoms with Gasteiger partial charge in [0.2, 0.25) is 0 Å². The van der Waals surface area contributed by atoms with Crippen molar-refractivity contribution in [2.24, 2.45) is 0 Å². The van der Waals surface area contributed by atoms with Crippen LogP contribution in [0.5, 0.6) is 0 Å². The molecule has 0 unspecified atom stereocenters. The molecule has 8 heteroatoms. The summed E-state index contributed by atoms with van der Waals surface area (Å²) in [5, 5.41) is 20.3. The number of nitriles is 1. The second kappa shape index (κ2) is 8.56. The molecule has 0 fully saturated rings. The smallest absolute Gasteiger partial charge is 0.263 e. The molecule has 0 aliphatic heterocycles. The zero-order valence-corrected chi connectivity index (χ0v) is 16.4. The Morgan fingerprint density at radius 1 is 1.33 bits per heavy atom. The summed E-state index contributed by atoms with van der Waals surface area (Å²) in [6.07, 6.45) is 0. The number of nitrogen functional groups attached to an aromatic ring is 1. The maximum atomic E-state index is 13.6. The Kier molecular flexibility index (Phi) is 6.42. The molecule has 1 amide bonds. The molecule has 2 aromatic heterocycles. The van der Waals surface area contributed by atoms with Crippen LogP contribution in [0.3, 0.4) is 0 Å². The fourth-order valence-corrected chi connectivity index (χ4v) is 3.45. The number of fused-ring (bicyclic) bond motifs is 1. The summed E-state index contributed by atoms with van der Waals surface area (Å²) in [6, 6.07) is 5.96. The lowest BCUT2D eigenvalue weighted by molar-refractivity contribution is 0.0955. The quantitative estimate of drug-likeness (QED) is 0.712. The third-order valence-corrected chi connectivity index (χ3v) is 5.04.